The fourth-order valence-electron chi connectivity index (χ4n) is 3.16. The smallest absolute Gasteiger partial charge is 0.223 e. The van der Waals surface area contributed by atoms with Crippen LogP contribution in [0.3, 0.4) is 0 Å². The van der Waals surface area contributed by atoms with Crippen molar-refractivity contribution in [3.05, 3.63) is 0 Å². The molecule has 3 N–H and O–H groups in total. The van der Waals surface area contributed by atoms with Gasteiger partial charge in [-0.05, 0) is 45.2 Å². The highest BCUT2D eigenvalue weighted by Crippen LogP contribution is 2.24. The molecule has 1 aliphatic heterocycles. The first-order valence-electron chi connectivity index (χ1n) is 6.98. The van der Waals surface area contributed by atoms with Gasteiger partial charge in [0.2, 0.25) is 5.91 Å². The Balaban J connectivity index is 1.72. The second-order valence-electron chi connectivity index (χ2n) is 5.44. The number of nitrogens with two attached hydrogens (primary N) is 1. The summed E-state index contributed by atoms with van der Waals surface area (Å²) in [6.45, 7) is 5.29. The average molecular weight is 239 g/mol. The normalized spacial score (nSPS) is 34.1. The van der Waals surface area contributed by atoms with Gasteiger partial charge in [-0.2, -0.15) is 0 Å². The molecule has 1 amide bonds. The number of carbonyl (C=O) groups is 1. The molecular formula is C13H25N3O. The number of nitrogens with one attached hydrogen (secondary N) is 1. The van der Waals surface area contributed by atoms with Crippen LogP contribution in [0.4, 0.5) is 0 Å². The molecule has 0 aromatic carbocycles. The Morgan fingerprint density at radius 2 is 2.24 bits per heavy atom. The minimum absolute atomic E-state index is 0.168. The lowest BCUT2D eigenvalue weighted by Gasteiger charge is -2.23. The van der Waals surface area contributed by atoms with Crippen LogP contribution in [0.1, 0.15) is 39.0 Å². The number of amides is 1. The monoisotopic (exact) mass is 239 g/mol. The standard InChI is InChI=1S/C13H25N3O/c1-2-16-7-3-4-12(16)9-15-13(17)10-5-6-11(14)8-10/h10-12H,2-9,14H2,1H3,(H,15,17). The summed E-state index contributed by atoms with van der Waals surface area (Å²) in [5.41, 5.74) is 5.84. The number of likely N-dealkylation sites (N-methyl/N-ethyl adjacent to an activating group) is 1. The molecule has 0 bridgehead atoms. The zero-order chi connectivity index (χ0) is 12.3. The van der Waals surface area contributed by atoms with Gasteiger partial charge in [0.25, 0.3) is 0 Å². The molecule has 3 unspecified atom stereocenters. The summed E-state index contributed by atoms with van der Waals surface area (Å²) in [7, 11) is 0. The molecule has 2 fully saturated rings. The zero-order valence-electron chi connectivity index (χ0n) is 10.8. The van der Waals surface area contributed by atoms with Crippen LogP contribution in [0.15, 0.2) is 0 Å². The fraction of sp³-hybridized carbons (Fsp3) is 0.923. The van der Waals surface area contributed by atoms with Crippen molar-refractivity contribution < 1.29 is 4.79 Å². The first-order chi connectivity index (χ1) is 8.20. The van der Waals surface area contributed by atoms with E-state index in [-0.39, 0.29) is 17.9 Å². The van der Waals surface area contributed by atoms with E-state index >= 15 is 0 Å². The van der Waals surface area contributed by atoms with Gasteiger partial charge < -0.3 is 11.1 Å². The van der Waals surface area contributed by atoms with Gasteiger partial charge in [0, 0.05) is 24.5 Å². The van der Waals surface area contributed by atoms with Crippen molar-refractivity contribution in [1.29, 1.82) is 0 Å². The van der Waals surface area contributed by atoms with E-state index < -0.39 is 0 Å². The van der Waals surface area contributed by atoms with Gasteiger partial charge in [-0.25, -0.2) is 0 Å². The Hall–Kier alpha value is -0.610. The van der Waals surface area contributed by atoms with E-state index in [4.69, 9.17) is 5.73 Å². The molecule has 1 aliphatic carbocycles. The van der Waals surface area contributed by atoms with Crippen LogP contribution in [0, 0.1) is 5.92 Å². The van der Waals surface area contributed by atoms with Gasteiger partial charge in [0.1, 0.15) is 0 Å². The van der Waals surface area contributed by atoms with E-state index in [1.807, 2.05) is 0 Å². The van der Waals surface area contributed by atoms with Gasteiger partial charge in [-0.1, -0.05) is 6.92 Å². The summed E-state index contributed by atoms with van der Waals surface area (Å²) in [5, 5.41) is 3.12. The molecular weight excluding hydrogens is 214 g/mol. The van der Waals surface area contributed by atoms with Crippen molar-refractivity contribution in [2.45, 2.75) is 51.1 Å². The maximum Gasteiger partial charge on any atom is 0.223 e. The van der Waals surface area contributed by atoms with Crippen molar-refractivity contribution in [2.75, 3.05) is 19.6 Å². The van der Waals surface area contributed by atoms with Gasteiger partial charge in [-0.3, -0.25) is 9.69 Å². The summed E-state index contributed by atoms with van der Waals surface area (Å²) in [4.78, 5) is 14.4. The van der Waals surface area contributed by atoms with Crippen LogP contribution in [0.25, 0.3) is 0 Å². The Morgan fingerprint density at radius 1 is 1.41 bits per heavy atom. The quantitative estimate of drug-likeness (QED) is 0.760. The topological polar surface area (TPSA) is 58.4 Å². The van der Waals surface area contributed by atoms with Crippen molar-refractivity contribution in [2.24, 2.45) is 11.7 Å². The summed E-state index contributed by atoms with van der Waals surface area (Å²) in [6.07, 6.45) is 5.33. The largest absolute Gasteiger partial charge is 0.354 e. The highest BCUT2D eigenvalue weighted by Gasteiger charge is 2.29. The van der Waals surface area contributed by atoms with Crippen LogP contribution in [0.2, 0.25) is 0 Å². The lowest BCUT2D eigenvalue weighted by molar-refractivity contribution is -0.125. The Morgan fingerprint density at radius 3 is 2.88 bits per heavy atom. The molecule has 1 saturated carbocycles. The van der Waals surface area contributed by atoms with Crippen molar-refractivity contribution >= 4 is 5.91 Å². The SMILES string of the molecule is CCN1CCCC1CNC(=O)C1CCC(N)C1. The number of rotatable bonds is 4. The molecule has 98 valence electrons. The lowest BCUT2D eigenvalue weighted by Crippen LogP contribution is -2.41. The molecule has 3 atom stereocenters. The molecule has 0 aromatic heterocycles. The maximum atomic E-state index is 12.0. The highest BCUT2D eigenvalue weighted by molar-refractivity contribution is 5.79. The van der Waals surface area contributed by atoms with Gasteiger partial charge >= 0.3 is 0 Å². The van der Waals surface area contributed by atoms with E-state index in [9.17, 15) is 4.79 Å². The summed E-state index contributed by atoms with van der Waals surface area (Å²) in [5.74, 6) is 0.391. The van der Waals surface area contributed by atoms with Crippen molar-refractivity contribution in [3.63, 3.8) is 0 Å². The molecule has 1 saturated heterocycles. The Bertz CT molecular complexity index is 269. The number of hydrogen-bond donors (Lipinski definition) is 2. The number of nitrogens with zero attached hydrogens (tertiary/aromatic N) is 1. The Labute approximate surface area is 104 Å². The maximum absolute atomic E-state index is 12.0. The van der Waals surface area contributed by atoms with Gasteiger partial charge in [-0.15, -0.1) is 0 Å². The predicted molar refractivity (Wildman–Crippen MR) is 68.6 cm³/mol. The third-order valence-corrected chi connectivity index (χ3v) is 4.26. The molecule has 0 spiro atoms. The minimum atomic E-state index is 0.168. The van der Waals surface area contributed by atoms with Gasteiger partial charge in [0.05, 0.1) is 0 Å². The van der Waals surface area contributed by atoms with Crippen LogP contribution < -0.4 is 11.1 Å². The summed E-state index contributed by atoms with van der Waals surface area (Å²) >= 11 is 0. The van der Waals surface area contributed by atoms with E-state index in [1.54, 1.807) is 0 Å². The number of hydrogen-bond acceptors (Lipinski definition) is 3. The molecule has 0 aromatic rings. The third kappa shape index (κ3) is 3.19. The fourth-order valence-corrected chi connectivity index (χ4v) is 3.16. The Kier molecular flexibility index (Phi) is 4.40. The minimum Gasteiger partial charge on any atom is -0.354 e. The predicted octanol–water partition coefficient (Wildman–Crippen LogP) is 0.714. The molecule has 0 radical (unpaired) electrons. The van der Waals surface area contributed by atoms with Crippen molar-refractivity contribution in [1.82, 2.24) is 10.2 Å². The number of carbonyl (C=O) groups excluding carboxylic acids is 1. The lowest BCUT2D eigenvalue weighted by atomic mass is 10.1. The molecule has 17 heavy (non-hydrogen) atoms. The third-order valence-electron chi connectivity index (χ3n) is 4.26. The van der Waals surface area contributed by atoms with Gasteiger partial charge in [0.15, 0.2) is 0 Å². The molecule has 1 heterocycles. The summed E-state index contributed by atoms with van der Waals surface area (Å²) < 4.78 is 0. The molecule has 4 nitrogen and oxygen atoms in total. The molecule has 4 heteroatoms. The van der Waals surface area contributed by atoms with Crippen LogP contribution in [-0.2, 0) is 4.79 Å². The van der Waals surface area contributed by atoms with Crippen LogP contribution in [0.5, 0.6) is 0 Å². The second kappa shape index (κ2) is 5.83. The average Bonchev–Trinajstić information content (AvgIpc) is 2.94. The molecule has 2 rings (SSSR count). The van der Waals surface area contributed by atoms with E-state index in [1.165, 1.54) is 19.4 Å². The van der Waals surface area contributed by atoms with E-state index in [2.05, 4.69) is 17.1 Å². The van der Waals surface area contributed by atoms with Crippen LogP contribution >= 0.6 is 0 Å². The first kappa shape index (κ1) is 12.8. The first-order valence-corrected chi connectivity index (χ1v) is 6.98. The van der Waals surface area contributed by atoms with E-state index in [0.717, 1.165) is 32.4 Å². The number of likely N-dealkylation sites (tertiary alicyclic amines) is 1. The highest BCUT2D eigenvalue weighted by atomic mass is 16.1. The van der Waals surface area contributed by atoms with Crippen LogP contribution in [-0.4, -0.2) is 42.5 Å². The van der Waals surface area contributed by atoms with Crippen molar-refractivity contribution in [3.8, 4) is 0 Å². The zero-order valence-corrected chi connectivity index (χ0v) is 10.8. The summed E-state index contributed by atoms with van der Waals surface area (Å²) in [6, 6.07) is 0.795. The van der Waals surface area contributed by atoms with E-state index in [0.29, 0.717) is 6.04 Å². The molecule has 2 aliphatic rings. The second-order valence-corrected chi connectivity index (χ2v) is 5.44.